The minimum atomic E-state index is -0.359. The number of alkyl carbamates (subject to hydrolysis) is 2. The molecular weight excluding hydrogens is 616 g/mol. The Kier molecular flexibility index (Phi) is 13.9. The summed E-state index contributed by atoms with van der Waals surface area (Å²) < 4.78 is 13.7. The molecule has 0 aliphatic carbocycles. The van der Waals surface area contributed by atoms with Crippen LogP contribution in [-0.2, 0) is 9.47 Å². The molecule has 47 heavy (non-hydrogen) atoms. The van der Waals surface area contributed by atoms with Gasteiger partial charge in [0.25, 0.3) is 0 Å². The van der Waals surface area contributed by atoms with Crippen LogP contribution in [0.3, 0.4) is 0 Å². The number of likely N-dealkylation sites (N-methyl/N-ethyl adjacent to an activating group) is 2. The number of piperazine rings is 2. The zero-order valence-corrected chi connectivity index (χ0v) is 31.6. The lowest BCUT2D eigenvalue weighted by Crippen LogP contribution is -2.65. The Morgan fingerprint density at radius 2 is 1.38 bits per heavy atom. The Morgan fingerprint density at radius 3 is 1.98 bits per heavy atom. The third kappa shape index (κ3) is 11.3. The molecule has 3 unspecified atom stereocenters. The maximum Gasteiger partial charge on any atom is 0.407 e. The van der Waals surface area contributed by atoms with Gasteiger partial charge in [0.1, 0.15) is 6.10 Å². The van der Waals surface area contributed by atoms with Crippen LogP contribution in [0.2, 0.25) is 0 Å². The number of hydrogen-bond donors (Lipinski definition) is 3. The molecule has 0 spiro atoms. The summed E-state index contributed by atoms with van der Waals surface area (Å²) >= 11 is 4.59. The zero-order chi connectivity index (χ0) is 34.4. The first kappa shape index (κ1) is 38.5. The van der Waals surface area contributed by atoms with Crippen LogP contribution in [0, 0.1) is 0 Å². The predicted molar refractivity (Wildman–Crippen MR) is 191 cm³/mol. The van der Waals surface area contributed by atoms with E-state index in [-0.39, 0.29) is 41.5 Å². The summed E-state index contributed by atoms with van der Waals surface area (Å²) in [6.07, 6.45) is 3.12. The lowest BCUT2D eigenvalue weighted by molar-refractivity contribution is 0.00479. The van der Waals surface area contributed by atoms with Crippen molar-refractivity contribution in [3.63, 3.8) is 0 Å². The summed E-state index contributed by atoms with van der Waals surface area (Å²) in [6, 6.07) is 1.17. The molecule has 12 nitrogen and oxygen atoms in total. The number of likely N-dealkylation sites (tertiary alicyclic amines) is 1. The average molecular weight is 683 g/mol. The number of rotatable bonds is 11. The normalized spacial score (nSPS) is 27.9. The van der Waals surface area contributed by atoms with Crippen molar-refractivity contribution in [3.8, 4) is 0 Å². The van der Waals surface area contributed by atoms with Crippen molar-refractivity contribution >= 4 is 25.0 Å². The van der Waals surface area contributed by atoms with E-state index in [9.17, 15) is 9.59 Å². The molecule has 0 aromatic carbocycles. The summed E-state index contributed by atoms with van der Waals surface area (Å²) in [6.45, 7) is 23.5. The number of nitrogens with one attached hydrogen (secondary N) is 2. The highest BCUT2D eigenvalue weighted by Crippen LogP contribution is 2.29. The van der Waals surface area contributed by atoms with E-state index in [4.69, 9.17) is 9.47 Å². The summed E-state index contributed by atoms with van der Waals surface area (Å²) in [5.74, 6) is 0. The zero-order valence-electron chi connectivity index (χ0n) is 30.7. The van der Waals surface area contributed by atoms with E-state index in [1.54, 1.807) is 0 Å². The van der Waals surface area contributed by atoms with Crippen LogP contribution in [0.15, 0.2) is 0 Å². The number of hydrogen-bond acceptors (Lipinski definition) is 11. The number of carbonyl (C=O) groups is 2. The quantitative estimate of drug-likeness (QED) is 0.283. The number of ether oxygens (including phenoxy) is 2. The highest BCUT2D eigenvalue weighted by Gasteiger charge is 2.42. The second-order valence-corrected chi connectivity index (χ2v) is 16.3. The predicted octanol–water partition coefficient (Wildman–Crippen LogP) is 2.80. The first-order valence-electron chi connectivity index (χ1n) is 18.2. The van der Waals surface area contributed by atoms with Crippen LogP contribution in [0.25, 0.3) is 0 Å². The molecule has 2 amide bonds. The van der Waals surface area contributed by atoms with E-state index in [0.29, 0.717) is 12.1 Å². The molecule has 4 saturated heterocycles. The van der Waals surface area contributed by atoms with Crippen molar-refractivity contribution in [2.24, 2.45) is 0 Å². The van der Waals surface area contributed by atoms with E-state index in [1.807, 2.05) is 25.1 Å². The van der Waals surface area contributed by atoms with Gasteiger partial charge in [0, 0.05) is 103 Å². The van der Waals surface area contributed by atoms with Crippen molar-refractivity contribution in [1.82, 2.24) is 39.4 Å². The molecule has 0 radical (unpaired) electrons. The van der Waals surface area contributed by atoms with Gasteiger partial charge in [-0.1, -0.05) is 12.8 Å². The number of nitrogens with zero attached hydrogens (tertiary/aromatic N) is 6. The Balaban J connectivity index is 1.39. The molecule has 4 aliphatic heterocycles. The average Bonchev–Trinajstić information content (AvgIpc) is 2.97. The van der Waals surface area contributed by atoms with E-state index in [1.165, 1.54) is 0 Å². The standard InChI is InChI=1S/C34H66N8O4S/c1-26(2)40-13-9-34(10-14-40,35-31(43)45-27(3)4)25-41-20-17-37(7)23-30(41)21-29(6)46-32(44)36-33(11-15-42(47)16-12-33)24-39-19-18-38(8)28(5)22-39/h26-30,47H,9-25H2,1-8H3,(H,35,43)(H,36,44). The monoisotopic (exact) mass is 682 g/mol. The number of piperidine rings is 2. The van der Waals surface area contributed by atoms with Crippen molar-refractivity contribution in [2.75, 3.05) is 92.6 Å². The van der Waals surface area contributed by atoms with Crippen LogP contribution in [-0.4, -0.2) is 175 Å². The second-order valence-electron chi connectivity index (χ2n) is 15.8. The third-order valence-corrected chi connectivity index (χ3v) is 11.5. The number of amides is 2. The number of carbonyl (C=O) groups excluding carboxylic acids is 2. The summed E-state index contributed by atoms with van der Waals surface area (Å²) in [4.78, 5) is 38.7. The first-order valence-corrected chi connectivity index (χ1v) is 18.6. The Labute approximate surface area is 290 Å². The van der Waals surface area contributed by atoms with Crippen LogP contribution < -0.4 is 10.6 Å². The van der Waals surface area contributed by atoms with Gasteiger partial charge in [0.15, 0.2) is 0 Å². The van der Waals surface area contributed by atoms with E-state index in [2.05, 4.69) is 82.8 Å². The van der Waals surface area contributed by atoms with Gasteiger partial charge in [-0.3, -0.25) is 14.1 Å². The third-order valence-electron chi connectivity index (χ3n) is 11.1. The fourth-order valence-electron chi connectivity index (χ4n) is 7.92. The van der Waals surface area contributed by atoms with E-state index >= 15 is 0 Å². The molecule has 0 aromatic heterocycles. The molecule has 4 aliphatic rings. The molecule has 3 atom stereocenters. The molecule has 13 heteroatoms. The van der Waals surface area contributed by atoms with Gasteiger partial charge >= 0.3 is 12.2 Å². The molecule has 272 valence electrons. The molecule has 0 saturated carbocycles. The maximum atomic E-state index is 13.5. The number of thiol groups is 1. The van der Waals surface area contributed by atoms with Gasteiger partial charge in [-0.05, 0) is 81.3 Å². The molecule has 4 rings (SSSR count). The van der Waals surface area contributed by atoms with Crippen molar-refractivity contribution in [2.45, 2.75) is 115 Å². The summed E-state index contributed by atoms with van der Waals surface area (Å²) in [5.41, 5.74) is -0.682. The fourth-order valence-corrected chi connectivity index (χ4v) is 8.12. The Morgan fingerprint density at radius 1 is 0.787 bits per heavy atom. The topological polar surface area (TPSA) is 96.1 Å². The second kappa shape index (κ2) is 17.0. The highest BCUT2D eigenvalue weighted by atomic mass is 32.1. The van der Waals surface area contributed by atoms with Crippen molar-refractivity contribution in [1.29, 1.82) is 0 Å². The maximum absolute atomic E-state index is 13.5. The summed E-state index contributed by atoms with van der Waals surface area (Å²) in [7, 11) is 4.35. The van der Waals surface area contributed by atoms with Gasteiger partial charge in [-0.15, -0.1) is 0 Å². The fraction of sp³-hybridized carbons (Fsp3) is 0.941. The molecule has 4 heterocycles. The van der Waals surface area contributed by atoms with Gasteiger partial charge < -0.3 is 34.8 Å². The van der Waals surface area contributed by atoms with E-state index in [0.717, 1.165) is 111 Å². The first-order chi connectivity index (χ1) is 22.2. The molecule has 2 N–H and O–H groups in total. The van der Waals surface area contributed by atoms with Gasteiger partial charge in [-0.2, -0.15) is 0 Å². The Bertz CT molecular complexity index is 1000. The van der Waals surface area contributed by atoms with Crippen LogP contribution in [0.1, 0.15) is 73.6 Å². The lowest BCUT2D eigenvalue weighted by atomic mass is 9.85. The van der Waals surface area contributed by atoms with Gasteiger partial charge in [-0.25, -0.2) is 9.59 Å². The summed E-state index contributed by atoms with van der Waals surface area (Å²) in [5, 5.41) is 6.69. The molecular formula is C34H66N8O4S. The largest absolute Gasteiger partial charge is 0.447 e. The molecule has 0 aromatic rings. The van der Waals surface area contributed by atoms with Gasteiger partial charge in [0.05, 0.1) is 17.2 Å². The molecule has 0 bridgehead atoms. The highest BCUT2D eigenvalue weighted by molar-refractivity contribution is 7.77. The smallest absolute Gasteiger partial charge is 0.407 e. The lowest BCUT2D eigenvalue weighted by Gasteiger charge is -2.49. The van der Waals surface area contributed by atoms with E-state index < -0.39 is 0 Å². The minimum Gasteiger partial charge on any atom is -0.447 e. The van der Waals surface area contributed by atoms with Crippen LogP contribution >= 0.6 is 12.8 Å². The van der Waals surface area contributed by atoms with Gasteiger partial charge in [0.2, 0.25) is 0 Å². The Hall–Kier alpha value is -1.35. The van der Waals surface area contributed by atoms with Crippen LogP contribution in [0.4, 0.5) is 9.59 Å². The SMILES string of the molecule is CC(C)OC(=O)NC1(CN2CCN(C)CC2CC(C)OC(=O)NC2(CN3CCN(C)C(C)C3)CCN(S)CC2)CCN(C(C)C)CC1. The molecule has 4 fully saturated rings. The minimum absolute atomic E-state index is 0.168. The van der Waals surface area contributed by atoms with Crippen LogP contribution in [0.5, 0.6) is 0 Å². The van der Waals surface area contributed by atoms with Crippen molar-refractivity contribution in [3.05, 3.63) is 0 Å². The van der Waals surface area contributed by atoms with Crippen molar-refractivity contribution < 1.29 is 19.1 Å².